The Hall–Kier alpha value is -0.0800. The van der Waals surface area contributed by atoms with Crippen molar-refractivity contribution in [1.82, 2.24) is 4.90 Å². The second-order valence-electron chi connectivity index (χ2n) is 5.30. The van der Waals surface area contributed by atoms with Gasteiger partial charge in [-0.25, -0.2) is 0 Å². The lowest BCUT2D eigenvalue weighted by Gasteiger charge is -2.37. The lowest BCUT2D eigenvalue weighted by molar-refractivity contribution is 0.154. The fourth-order valence-electron chi connectivity index (χ4n) is 3.23. The number of likely N-dealkylation sites (tertiary alicyclic amines) is 1. The molecule has 0 aromatic heterocycles. The van der Waals surface area contributed by atoms with Crippen molar-refractivity contribution in [3.8, 4) is 0 Å². The molecule has 0 unspecified atom stereocenters. The molecule has 1 saturated carbocycles. The summed E-state index contributed by atoms with van der Waals surface area (Å²) in [6.07, 6.45) is 7.08. The largest absolute Gasteiger partial charge is 0.330 e. The molecule has 2 rings (SSSR count). The van der Waals surface area contributed by atoms with E-state index in [0.717, 1.165) is 12.5 Å². The maximum absolute atomic E-state index is 5.73. The summed E-state index contributed by atoms with van der Waals surface area (Å²) in [5.41, 5.74) is 6.43. The van der Waals surface area contributed by atoms with Crippen LogP contribution in [-0.4, -0.2) is 31.1 Å². The Morgan fingerprint density at radius 1 is 1.29 bits per heavy atom. The lowest BCUT2D eigenvalue weighted by Crippen LogP contribution is -2.33. The van der Waals surface area contributed by atoms with Crippen LogP contribution >= 0.6 is 0 Å². The van der Waals surface area contributed by atoms with Gasteiger partial charge in [0.1, 0.15) is 0 Å². The van der Waals surface area contributed by atoms with Gasteiger partial charge in [0, 0.05) is 6.54 Å². The quantitative estimate of drug-likeness (QED) is 0.730. The number of hydrogen-bond acceptors (Lipinski definition) is 2. The van der Waals surface area contributed by atoms with Gasteiger partial charge in [0.05, 0.1) is 0 Å². The summed E-state index contributed by atoms with van der Waals surface area (Å²) in [6.45, 7) is 7.13. The molecule has 2 heteroatoms. The first-order chi connectivity index (χ1) is 6.78. The third kappa shape index (κ3) is 1.96. The molecule has 0 aromatic carbocycles. The molecular formula is C12H24N2. The van der Waals surface area contributed by atoms with E-state index in [2.05, 4.69) is 11.8 Å². The third-order valence-corrected chi connectivity index (χ3v) is 4.46. The second kappa shape index (κ2) is 4.19. The predicted octanol–water partition coefficient (Wildman–Crippen LogP) is 1.85. The Morgan fingerprint density at radius 2 is 2.00 bits per heavy atom. The first kappa shape index (κ1) is 10.4. The van der Waals surface area contributed by atoms with E-state index >= 15 is 0 Å². The van der Waals surface area contributed by atoms with Crippen molar-refractivity contribution in [3.63, 3.8) is 0 Å². The normalized spacial score (nSPS) is 39.4. The standard InChI is InChI=1S/C12H24N2/c1-2-14-8-7-12(10-14)5-3-11(9-13)4-6-12/h11H,2-10,13H2,1H3. The minimum absolute atomic E-state index is 0.696. The van der Waals surface area contributed by atoms with Gasteiger partial charge in [-0.3, -0.25) is 0 Å². The smallest absolute Gasteiger partial charge is 0.00383 e. The SMILES string of the molecule is CCN1CCC2(CCC(CN)CC2)C1. The lowest BCUT2D eigenvalue weighted by atomic mass is 9.70. The van der Waals surface area contributed by atoms with Crippen molar-refractivity contribution in [3.05, 3.63) is 0 Å². The van der Waals surface area contributed by atoms with E-state index in [9.17, 15) is 0 Å². The van der Waals surface area contributed by atoms with Gasteiger partial charge >= 0.3 is 0 Å². The highest BCUT2D eigenvalue weighted by Gasteiger charge is 2.39. The minimum atomic E-state index is 0.696. The van der Waals surface area contributed by atoms with E-state index in [-0.39, 0.29) is 0 Å². The molecule has 1 aliphatic carbocycles. The summed E-state index contributed by atoms with van der Waals surface area (Å²) in [6, 6.07) is 0. The molecule has 2 aliphatic rings. The Kier molecular flexibility index (Phi) is 3.13. The van der Waals surface area contributed by atoms with Gasteiger partial charge in [0.15, 0.2) is 0 Å². The van der Waals surface area contributed by atoms with Crippen molar-refractivity contribution in [2.24, 2.45) is 17.1 Å². The van der Waals surface area contributed by atoms with Crippen molar-refractivity contribution in [2.75, 3.05) is 26.2 Å². The van der Waals surface area contributed by atoms with Gasteiger partial charge in [-0.05, 0) is 63.1 Å². The van der Waals surface area contributed by atoms with Crippen LogP contribution in [0.4, 0.5) is 0 Å². The number of hydrogen-bond donors (Lipinski definition) is 1. The van der Waals surface area contributed by atoms with Crippen LogP contribution in [-0.2, 0) is 0 Å². The molecule has 2 fully saturated rings. The molecule has 82 valence electrons. The zero-order chi connectivity index (χ0) is 10.0. The molecular weight excluding hydrogens is 172 g/mol. The van der Waals surface area contributed by atoms with E-state index in [1.54, 1.807) is 0 Å². The van der Waals surface area contributed by atoms with Crippen LogP contribution in [0.3, 0.4) is 0 Å². The summed E-state index contributed by atoms with van der Waals surface area (Å²) >= 11 is 0. The summed E-state index contributed by atoms with van der Waals surface area (Å²) in [5, 5.41) is 0. The molecule has 0 amide bonds. The van der Waals surface area contributed by atoms with Crippen LogP contribution in [0.2, 0.25) is 0 Å². The molecule has 1 saturated heterocycles. The Labute approximate surface area is 87.8 Å². The van der Waals surface area contributed by atoms with Crippen LogP contribution in [0.5, 0.6) is 0 Å². The van der Waals surface area contributed by atoms with Crippen LogP contribution in [0, 0.1) is 11.3 Å². The first-order valence-corrected chi connectivity index (χ1v) is 6.20. The number of rotatable bonds is 2. The van der Waals surface area contributed by atoms with Gasteiger partial charge < -0.3 is 10.6 Å². The highest BCUT2D eigenvalue weighted by molar-refractivity contribution is 4.93. The maximum atomic E-state index is 5.73. The monoisotopic (exact) mass is 196 g/mol. The van der Waals surface area contributed by atoms with Crippen LogP contribution < -0.4 is 5.73 Å². The zero-order valence-electron chi connectivity index (χ0n) is 9.47. The zero-order valence-corrected chi connectivity index (χ0v) is 9.47. The maximum Gasteiger partial charge on any atom is 0.00383 e. The van der Waals surface area contributed by atoms with Gasteiger partial charge in [-0.2, -0.15) is 0 Å². The molecule has 2 nitrogen and oxygen atoms in total. The summed E-state index contributed by atoms with van der Waals surface area (Å²) in [7, 11) is 0. The highest BCUT2D eigenvalue weighted by Crippen LogP contribution is 2.45. The van der Waals surface area contributed by atoms with Gasteiger partial charge in [-0.1, -0.05) is 6.92 Å². The third-order valence-electron chi connectivity index (χ3n) is 4.46. The molecule has 0 bridgehead atoms. The number of nitrogens with zero attached hydrogens (tertiary/aromatic N) is 1. The van der Waals surface area contributed by atoms with Crippen molar-refractivity contribution >= 4 is 0 Å². The van der Waals surface area contributed by atoms with Crippen molar-refractivity contribution < 1.29 is 0 Å². The van der Waals surface area contributed by atoms with Crippen LogP contribution in [0.1, 0.15) is 39.0 Å². The van der Waals surface area contributed by atoms with E-state index in [4.69, 9.17) is 5.73 Å². The predicted molar refractivity (Wildman–Crippen MR) is 60.2 cm³/mol. The molecule has 1 heterocycles. The van der Waals surface area contributed by atoms with E-state index in [1.807, 2.05) is 0 Å². The summed E-state index contributed by atoms with van der Waals surface area (Å²) in [5.74, 6) is 0.830. The average Bonchev–Trinajstić information content (AvgIpc) is 2.63. The van der Waals surface area contributed by atoms with E-state index in [0.29, 0.717) is 5.41 Å². The molecule has 14 heavy (non-hydrogen) atoms. The summed E-state index contributed by atoms with van der Waals surface area (Å²) in [4.78, 5) is 2.61. The molecule has 1 aliphatic heterocycles. The molecule has 0 aromatic rings. The second-order valence-corrected chi connectivity index (χ2v) is 5.30. The fraction of sp³-hybridized carbons (Fsp3) is 1.00. The number of nitrogens with two attached hydrogens (primary N) is 1. The van der Waals surface area contributed by atoms with Gasteiger partial charge in [0.25, 0.3) is 0 Å². The van der Waals surface area contributed by atoms with Gasteiger partial charge in [0.2, 0.25) is 0 Å². The van der Waals surface area contributed by atoms with E-state index < -0.39 is 0 Å². The Bertz CT molecular complexity index is 183. The van der Waals surface area contributed by atoms with Gasteiger partial charge in [-0.15, -0.1) is 0 Å². The van der Waals surface area contributed by atoms with Crippen molar-refractivity contribution in [1.29, 1.82) is 0 Å². The van der Waals surface area contributed by atoms with E-state index in [1.165, 1.54) is 51.7 Å². The average molecular weight is 196 g/mol. The Balaban J connectivity index is 1.87. The highest BCUT2D eigenvalue weighted by atomic mass is 15.1. The fourth-order valence-corrected chi connectivity index (χ4v) is 3.23. The molecule has 2 N–H and O–H groups in total. The first-order valence-electron chi connectivity index (χ1n) is 6.20. The van der Waals surface area contributed by atoms with Crippen molar-refractivity contribution in [2.45, 2.75) is 39.0 Å². The Morgan fingerprint density at radius 3 is 2.50 bits per heavy atom. The van der Waals surface area contributed by atoms with Crippen LogP contribution in [0.25, 0.3) is 0 Å². The van der Waals surface area contributed by atoms with Crippen LogP contribution in [0.15, 0.2) is 0 Å². The minimum Gasteiger partial charge on any atom is -0.330 e. The molecule has 0 radical (unpaired) electrons. The molecule has 0 atom stereocenters. The molecule has 1 spiro atoms. The summed E-state index contributed by atoms with van der Waals surface area (Å²) < 4.78 is 0. The topological polar surface area (TPSA) is 29.3 Å².